The number of hydrogen-bond acceptors (Lipinski definition) is 5. The highest BCUT2D eigenvalue weighted by Crippen LogP contribution is 2.36. The molecule has 0 unspecified atom stereocenters. The van der Waals surface area contributed by atoms with Crippen molar-refractivity contribution in [2.75, 3.05) is 5.32 Å². The van der Waals surface area contributed by atoms with Crippen LogP contribution in [0.25, 0.3) is 6.08 Å². The Morgan fingerprint density at radius 1 is 1.06 bits per heavy atom. The van der Waals surface area contributed by atoms with Crippen LogP contribution in [0.15, 0.2) is 71.9 Å². The van der Waals surface area contributed by atoms with Gasteiger partial charge in [-0.1, -0.05) is 42.5 Å². The summed E-state index contributed by atoms with van der Waals surface area (Å²) in [7, 11) is 0. The Labute approximate surface area is 185 Å². The summed E-state index contributed by atoms with van der Waals surface area (Å²) in [5.41, 5.74) is -2.83. The van der Waals surface area contributed by atoms with E-state index in [-0.39, 0.29) is 35.1 Å². The van der Waals surface area contributed by atoms with Crippen LogP contribution in [0.4, 0.5) is 19.1 Å². The number of alkyl halides is 3. The van der Waals surface area contributed by atoms with E-state index in [0.717, 1.165) is 5.56 Å². The minimum absolute atomic E-state index is 0.0208. The molecule has 7 nitrogen and oxygen atoms in total. The normalized spacial score (nSPS) is 11.5. The number of rotatable bonds is 8. The van der Waals surface area contributed by atoms with Crippen molar-refractivity contribution >= 4 is 35.6 Å². The van der Waals surface area contributed by atoms with Gasteiger partial charge in [0.25, 0.3) is 5.91 Å². The van der Waals surface area contributed by atoms with E-state index in [1.54, 1.807) is 0 Å². The van der Waals surface area contributed by atoms with E-state index in [0.29, 0.717) is 12.1 Å². The Kier molecular flexibility index (Phi) is 7.66. The average molecular weight is 461 g/mol. The lowest BCUT2D eigenvalue weighted by Gasteiger charge is -2.05. The molecule has 0 aliphatic heterocycles. The maximum Gasteiger partial charge on any atom is 0.446 e. The summed E-state index contributed by atoms with van der Waals surface area (Å²) in [6.07, 6.45) is 3.98. The number of amides is 2. The molecule has 0 bridgehead atoms. The third kappa shape index (κ3) is 7.91. The van der Waals surface area contributed by atoms with Crippen LogP contribution >= 0.6 is 11.8 Å². The number of halogens is 3. The van der Waals surface area contributed by atoms with Gasteiger partial charge in [-0.15, -0.1) is 5.10 Å². The Morgan fingerprint density at radius 2 is 1.78 bits per heavy atom. The van der Waals surface area contributed by atoms with Crippen LogP contribution in [0.1, 0.15) is 11.1 Å². The van der Waals surface area contributed by atoms with E-state index in [2.05, 4.69) is 20.7 Å². The molecule has 166 valence electrons. The largest absolute Gasteiger partial charge is 0.446 e. The molecule has 2 amide bonds. The first-order valence-corrected chi connectivity index (χ1v) is 10.1. The Bertz CT molecular complexity index is 1080. The Hall–Kier alpha value is -3.60. The molecule has 32 heavy (non-hydrogen) atoms. The minimum atomic E-state index is -4.35. The van der Waals surface area contributed by atoms with Crippen LogP contribution in [0.5, 0.6) is 0 Å². The second-order valence-electron chi connectivity index (χ2n) is 6.47. The molecular formula is C21H18F3N5O2S. The van der Waals surface area contributed by atoms with Crippen molar-refractivity contribution in [1.82, 2.24) is 20.1 Å². The zero-order valence-electron chi connectivity index (χ0n) is 16.5. The molecule has 0 saturated heterocycles. The standard InChI is InChI=1S/C21H18F3N5O2S/c22-21(23,24)32-17-9-6-15(7-10-17)8-11-18(30)27-20-26-14-29(28-20)13-19(31)25-12-16-4-2-1-3-5-16/h1-11,14H,12-13H2,(H,25,31)(H,27,28,30)/b11-8+. The quantitative estimate of drug-likeness (QED) is 0.393. The Balaban J connectivity index is 1.46. The fourth-order valence-electron chi connectivity index (χ4n) is 2.53. The molecule has 2 aromatic carbocycles. The van der Waals surface area contributed by atoms with Gasteiger partial charge >= 0.3 is 5.51 Å². The molecule has 0 aliphatic rings. The van der Waals surface area contributed by atoms with Gasteiger partial charge in [0.05, 0.1) is 0 Å². The first kappa shape index (κ1) is 23.1. The van der Waals surface area contributed by atoms with E-state index in [1.165, 1.54) is 47.4 Å². The van der Waals surface area contributed by atoms with E-state index in [4.69, 9.17) is 0 Å². The second-order valence-corrected chi connectivity index (χ2v) is 7.61. The summed E-state index contributed by atoms with van der Waals surface area (Å²) in [6, 6.07) is 15.0. The van der Waals surface area contributed by atoms with Crippen LogP contribution in [-0.2, 0) is 22.7 Å². The molecule has 2 N–H and O–H groups in total. The number of hydrogen-bond donors (Lipinski definition) is 2. The first-order valence-electron chi connectivity index (χ1n) is 9.32. The van der Waals surface area contributed by atoms with Crippen LogP contribution in [0.2, 0.25) is 0 Å². The predicted molar refractivity (Wildman–Crippen MR) is 114 cm³/mol. The summed E-state index contributed by atoms with van der Waals surface area (Å²) >= 11 is -0.207. The van der Waals surface area contributed by atoms with Crippen molar-refractivity contribution in [1.29, 1.82) is 0 Å². The number of carbonyl (C=O) groups is 2. The maximum atomic E-state index is 12.3. The van der Waals surface area contributed by atoms with Crippen molar-refractivity contribution in [2.24, 2.45) is 0 Å². The summed E-state index contributed by atoms with van der Waals surface area (Å²) in [4.78, 5) is 28.0. The van der Waals surface area contributed by atoms with Crippen LogP contribution in [0, 0.1) is 0 Å². The maximum absolute atomic E-state index is 12.3. The molecular weight excluding hydrogens is 443 g/mol. The van der Waals surface area contributed by atoms with Gasteiger partial charge in [0.15, 0.2) is 0 Å². The third-order valence-corrected chi connectivity index (χ3v) is 4.69. The monoisotopic (exact) mass is 461 g/mol. The molecule has 0 radical (unpaired) electrons. The SMILES string of the molecule is O=C(/C=C/c1ccc(SC(F)(F)F)cc1)Nc1ncn(CC(=O)NCc2ccccc2)n1. The summed E-state index contributed by atoms with van der Waals surface area (Å²) in [6.45, 7) is 0.326. The van der Waals surface area contributed by atoms with Gasteiger partial charge in [-0.3, -0.25) is 14.9 Å². The molecule has 1 aromatic heterocycles. The molecule has 0 saturated carbocycles. The highest BCUT2D eigenvalue weighted by atomic mass is 32.2. The first-order chi connectivity index (χ1) is 15.3. The lowest BCUT2D eigenvalue weighted by atomic mass is 10.2. The molecule has 1 heterocycles. The molecule has 0 fully saturated rings. The summed E-state index contributed by atoms with van der Waals surface area (Å²) < 4.78 is 38.3. The number of nitrogens with one attached hydrogen (secondary N) is 2. The second kappa shape index (κ2) is 10.6. The molecule has 0 aliphatic carbocycles. The van der Waals surface area contributed by atoms with Crippen molar-refractivity contribution in [2.45, 2.75) is 23.5 Å². The van der Waals surface area contributed by atoms with Crippen LogP contribution in [-0.4, -0.2) is 32.1 Å². The number of benzene rings is 2. The number of anilines is 1. The van der Waals surface area contributed by atoms with Crippen molar-refractivity contribution in [3.8, 4) is 0 Å². The lowest BCUT2D eigenvalue weighted by Crippen LogP contribution is -2.27. The summed E-state index contributed by atoms with van der Waals surface area (Å²) in [5, 5.41) is 9.23. The van der Waals surface area contributed by atoms with Gasteiger partial charge < -0.3 is 5.32 Å². The molecule has 3 aromatic rings. The van der Waals surface area contributed by atoms with E-state index in [9.17, 15) is 22.8 Å². The molecule has 0 atom stereocenters. The zero-order valence-corrected chi connectivity index (χ0v) is 17.4. The third-order valence-electron chi connectivity index (χ3n) is 3.95. The fourth-order valence-corrected chi connectivity index (χ4v) is 3.07. The van der Waals surface area contributed by atoms with Gasteiger partial charge in [-0.25, -0.2) is 9.67 Å². The minimum Gasteiger partial charge on any atom is -0.350 e. The zero-order chi connectivity index (χ0) is 23.0. The average Bonchev–Trinajstić information content (AvgIpc) is 3.18. The lowest BCUT2D eigenvalue weighted by molar-refractivity contribution is -0.122. The highest BCUT2D eigenvalue weighted by Gasteiger charge is 2.28. The van der Waals surface area contributed by atoms with Gasteiger partial charge in [-0.2, -0.15) is 13.2 Å². The smallest absolute Gasteiger partial charge is 0.350 e. The van der Waals surface area contributed by atoms with E-state index >= 15 is 0 Å². The van der Waals surface area contributed by atoms with Gasteiger partial charge in [0, 0.05) is 17.5 Å². The van der Waals surface area contributed by atoms with Gasteiger partial charge in [0.2, 0.25) is 11.9 Å². The van der Waals surface area contributed by atoms with Gasteiger partial charge in [-0.05, 0) is 41.1 Å². The number of aromatic nitrogens is 3. The number of thioether (sulfide) groups is 1. The highest BCUT2D eigenvalue weighted by molar-refractivity contribution is 8.00. The van der Waals surface area contributed by atoms with Crippen molar-refractivity contribution in [3.05, 3.63) is 78.1 Å². The topological polar surface area (TPSA) is 88.9 Å². The fraction of sp³-hybridized carbons (Fsp3) is 0.143. The molecule has 11 heteroatoms. The Morgan fingerprint density at radius 3 is 2.47 bits per heavy atom. The molecule has 0 spiro atoms. The number of nitrogens with zero attached hydrogens (tertiary/aromatic N) is 3. The molecule has 3 rings (SSSR count). The van der Waals surface area contributed by atoms with Crippen LogP contribution < -0.4 is 10.6 Å². The van der Waals surface area contributed by atoms with E-state index in [1.807, 2.05) is 30.3 Å². The van der Waals surface area contributed by atoms with Crippen LogP contribution in [0.3, 0.4) is 0 Å². The number of carbonyl (C=O) groups excluding carboxylic acids is 2. The predicted octanol–water partition coefficient (Wildman–Crippen LogP) is 3.86. The van der Waals surface area contributed by atoms with Crippen molar-refractivity contribution < 1.29 is 22.8 Å². The van der Waals surface area contributed by atoms with Crippen molar-refractivity contribution in [3.63, 3.8) is 0 Å². The summed E-state index contributed by atoms with van der Waals surface area (Å²) in [5.74, 6) is -0.763. The van der Waals surface area contributed by atoms with Gasteiger partial charge in [0.1, 0.15) is 12.9 Å². The van der Waals surface area contributed by atoms with E-state index < -0.39 is 11.4 Å².